The maximum absolute atomic E-state index is 6.41. The van der Waals surface area contributed by atoms with Gasteiger partial charge in [-0.25, -0.2) is 0 Å². The van der Waals surface area contributed by atoms with Crippen molar-refractivity contribution in [3.63, 3.8) is 0 Å². The fourth-order valence-corrected chi connectivity index (χ4v) is 4.07. The highest BCUT2D eigenvalue weighted by molar-refractivity contribution is 7.10. The van der Waals surface area contributed by atoms with Gasteiger partial charge in [0.1, 0.15) is 0 Å². The van der Waals surface area contributed by atoms with Crippen molar-refractivity contribution < 1.29 is 0 Å². The Labute approximate surface area is 115 Å². The van der Waals surface area contributed by atoms with Crippen LogP contribution in [-0.4, -0.2) is 24.0 Å². The minimum absolute atomic E-state index is 0.247. The van der Waals surface area contributed by atoms with Crippen molar-refractivity contribution in [2.24, 2.45) is 11.1 Å². The van der Waals surface area contributed by atoms with E-state index in [0.29, 0.717) is 11.5 Å². The van der Waals surface area contributed by atoms with E-state index in [1.54, 1.807) is 0 Å². The van der Waals surface area contributed by atoms with Gasteiger partial charge < -0.3 is 5.73 Å². The molecule has 1 fully saturated rings. The summed E-state index contributed by atoms with van der Waals surface area (Å²) in [6.07, 6.45) is 2.32. The zero-order valence-corrected chi connectivity index (χ0v) is 12.9. The van der Waals surface area contributed by atoms with Crippen LogP contribution < -0.4 is 5.73 Å². The number of thiophene rings is 1. The van der Waals surface area contributed by atoms with Crippen LogP contribution in [0.15, 0.2) is 11.4 Å². The molecular formula is C15H26N2S. The van der Waals surface area contributed by atoms with Crippen LogP contribution >= 0.6 is 11.3 Å². The quantitative estimate of drug-likeness (QED) is 0.903. The van der Waals surface area contributed by atoms with Crippen LogP contribution in [0.4, 0.5) is 0 Å². The fourth-order valence-electron chi connectivity index (χ4n) is 2.93. The number of likely N-dealkylation sites (tertiary alicyclic amines) is 1. The molecule has 2 heterocycles. The first-order valence-electron chi connectivity index (χ1n) is 6.98. The van der Waals surface area contributed by atoms with E-state index in [4.69, 9.17) is 5.73 Å². The molecule has 102 valence electrons. The van der Waals surface area contributed by atoms with Crippen LogP contribution in [-0.2, 0) is 0 Å². The summed E-state index contributed by atoms with van der Waals surface area (Å²) < 4.78 is 0. The standard InChI is InChI=1S/C15H26N2S/c1-5-12(16)13(14-11(2)6-9-18-14)17-8-7-15(3,4)10-17/h6,9,12-13H,5,7-8,10,16H2,1-4H3. The number of rotatable bonds is 4. The molecule has 1 aliphatic heterocycles. The van der Waals surface area contributed by atoms with Crippen LogP contribution in [0.25, 0.3) is 0 Å². The smallest absolute Gasteiger partial charge is 0.0596 e. The number of hydrogen-bond donors (Lipinski definition) is 1. The Morgan fingerprint density at radius 3 is 2.67 bits per heavy atom. The lowest BCUT2D eigenvalue weighted by Crippen LogP contribution is -2.40. The molecule has 0 bridgehead atoms. The molecule has 2 rings (SSSR count). The van der Waals surface area contributed by atoms with E-state index in [1.165, 1.54) is 30.0 Å². The number of aryl methyl sites for hydroxylation is 1. The fraction of sp³-hybridized carbons (Fsp3) is 0.733. The predicted molar refractivity (Wildman–Crippen MR) is 80.0 cm³/mol. The zero-order chi connectivity index (χ0) is 13.3. The maximum Gasteiger partial charge on any atom is 0.0596 e. The Kier molecular flexibility index (Phi) is 4.15. The summed E-state index contributed by atoms with van der Waals surface area (Å²) in [5.41, 5.74) is 8.25. The van der Waals surface area contributed by atoms with E-state index < -0.39 is 0 Å². The van der Waals surface area contributed by atoms with Gasteiger partial charge in [0.05, 0.1) is 6.04 Å². The zero-order valence-electron chi connectivity index (χ0n) is 12.1. The summed E-state index contributed by atoms with van der Waals surface area (Å²) >= 11 is 1.87. The lowest BCUT2D eigenvalue weighted by Gasteiger charge is -2.33. The lowest BCUT2D eigenvalue weighted by atomic mass is 9.93. The van der Waals surface area contributed by atoms with Gasteiger partial charge in [0.15, 0.2) is 0 Å². The molecule has 2 N–H and O–H groups in total. The second kappa shape index (κ2) is 5.32. The van der Waals surface area contributed by atoms with Gasteiger partial charge in [0.2, 0.25) is 0 Å². The molecule has 0 radical (unpaired) electrons. The SMILES string of the molecule is CCC(N)C(c1sccc1C)N1CCC(C)(C)C1. The lowest BCUT2D eigenvalue weighted by molar-refractivity contribution is 0.191. The highest BCUT2D eigenvalue weighted by atomic mass is 32.1. The molecule has 0 saturated carbocycles. The van der Waals surface area contributed by atoms with Gasteiger partial charge in [-0.3, -0.25) is 4.90 Å². The van der Waals surface area contributed by atoms with Crippen molar-refractivity contribution in [1.29, 1.82) is 0 Å². The van der Waals surface area contributed by atoms with E-state index in [1.807, 2.05) is 11.3 Å². The first-order chi connectivity index (χ1) is 8.44. The summed E-state index contributed by atoms with van der Waals surface area (Å²) in [6, 6.07) is 2.88. The summed E-state index contributed by atoms with van der Waals surface area (Å²) in [7, 11) is 0. The van der Waals surface area contributed by atoms with Gasteiger partial charge in [-0.1, -0.05) is 20.8 Å². The van der Waals surface area contributed by atoms with E-state index >= 15 is 0 Å². The molecule has 2 nitrogen and oxygen atoms in total. The van der Waals surface area contributed by atoms with Gasteiger partial charge >= 0.3 is 0 Å². The number of hydrogen-bond acceptors (Lipinski definition) is 3. The Hall–Kier alpha value is -0.380. The molecule has 1 aromatic rings. The molecule has 1 aliphatic rings. The van der Waals surface area contributed by atoms with Crippen LogP contribution in [0.2, 0.25) is 0 Å². The molecule has 0 aromatic carbocycles. The van der Waals surface area contributed by atoms with Crippen molar-refractivity contribution in [3.05, 3.63) is 21.9 Å². The Morgan fingerprint density at radius 1 is 1.50 bits per heavy atom. The van der Waals surface area contributed by atoms with Crippen LogP contribution in [0.3, 0.4) is 0 Å². The van der Waals surface area contributed by atoms with Crippen LogP contribution in [0, 0.1) is 12.3 Å². The van der Waals surface area contributed by atoms with Crippen molar-refractivity contribution in [2.75, 3.05) is 13.1 Å². The van der Waals surface area contributed by atoms with E-state index in [-0.39, 0.29) is 6.04 Å². The molecule has 0 aliphatic carbocycles. The number of nitrogens with zero attached hydrogens (tertiary/aromatic N) is 1. The molecule has 2 atom stereocenters. The topological polar surface area (TPSA) is 29.3 Å². The Balaban J connectivity index is 2.25. The molecule has 3 heteroatoms. The molecule has 1 saturated heterocycles. The average molecular weight is 266 g/mol. The van der Waals surface area contributed by atoms with Gasteiger partial charge in [-0.15, -0.1) is 11.3 Å². The molecule has 0 amide bonds. The van der Waals surface area contributed by atoms with Crippen molar-refractivity contribution in [1.82, 2.24) is 4.90 Å². The predicted octanol–water partition coefficient (Wildman–Crippen LogP) is 3.57. The third-order valence-electron chi connectivity index (χ3n) is 4.15. The monoisotopic (exact) mass is 266 g/mol. The Morgan fingerprint density at radius 2 is 2.22 bits per heavy atom. The molecule has 1 aromatic heterocycles. The summed E-state index contributed by atoms with van der Waals surface area (Å²) in [5, 5.41) is 2.20. The normalized spacial score (nSPS) is 23.2. The molecule has 2 unspecified atom stereocenters. The van der Waals surface area contributed by atoms with Crippen LogP contribution in [0.5, 0.6) is 0 Å². The first kappa shape index (κ1) is 14.0. The van der Waals surface area contributed by atoms with E-state index in [9.17, 15) is 0 Å². The van der Waals surface area contributed by atoms with E-state index in [0.717, 1.165) is 6.42 Å². The molecule has 0 spiro atoms. The highest BCUT2D eigenvalue weighted by Crippen LogP contribution is 2.39. The van der Waals surface area contributed by atoms with Crippen LogP contribution in [0.1, 0.15) is 50.1 Å². The minimum atomic E-state index is 0.247. The van der Waals surface area contributed by atoms with Crippen molar-refractivity contribution >= 4 is 11.3 Å². The van der Waals surface area contributed by atoms with Crippen molar-refractivity contribution in [3.8, 4) is 0 Å². The van der Waals surface area contributed by atoms with Gasteiger partial charge in [-0.2, -0.15) is 0 Å². The van der Waals surface area contributed by atoms with Crippen molar-refractivity contribution in [2.45, 2.75) is 52.6 Å². The molecular weight excluding hydrogens is 240 g/mol. The average Bonchev–Trinajstić information content (AvgIpc) is 2.86. The first-order valence-corrected chi connectivity index (χ1v) is 7.86. The summed E-state index contributed by atoms with van der Waals surface area (Å²) in [6.45, 7) is 11.5. The second-order valence-corrected chi connectivity index (χ2v) is 7.32. The molecule has 18 heavy (non-hydrogen) atoms. The van der Waals surface area contributed by atoms with Gasteiger partial charge in [-0.05, 0) is 48.7 Å². The summed E-state index contributed by atoms with van der Waals surface area (Å²) in [4.78, 5) is 4.08. The minimum Gasteiger partial charge on any atom is -0.326 e. The third kappa shape index (κ3) is 2.79. The highest BCUT2D eigenvalue weighted by Gasteiger charge is 2.36. The third-order valence-corrected chi connectivity index (χ3v) is 5.24. The largest absolute Gasteiger partial charge is 0.326 e. The Bertz CT molecular complexity index is 397. The number of nitrogens with two attached hydrogens (primary N) is 1. The summed E-state index contributed by atoms with van der Waals surface area (Å²) in [5.74, 6) is 0. The second-order valence-electron chi connectivity index (χ2n) is 6.37. The van der Waals surface area contributed by atoms with Gasteiger partial charge in [0, 0.05) is 17.5 Å². The van der Waals surface area contributed by atoms with E-state index in [2.05, 4.69) is 44.0 Å². The maximum atomic E-state index is 6.41. The van der Waals surface area contributed by atoms with Gasteiger partial charge in [0.25, 0.3) is 0 Å².